The molecule has 1 N–H and O–H groups in total. The molecule has 3 aromatic rings. The highest BCUT2D eigenvalue weighted by Crippen LogP contribution is 2.34. The van der Waals surface area contributed by atoms with E-state index in [4.69, 9.17) is 11.6 Å². The Morgan fingerprint density at radius 3 is 2.44 bits per heavy atom. The van der Waals surface area contributed by atoms with Gasteiger partial charge in [-0.25, -0.2) is 0 Å². The maximum atomic E-state index is 13.0. The quantitative estimate of drug-likeness (QED) is 0.632. The third-order valence-corrected chi connectivity index (χ3v) is 3.74. The minimum absolute atomic E-state index is 0.354. The van der Waals surface area contributed by atoms with Crippen LogP contribution < -0.4 is 5.32 Å². The predicted octanol–water partition coefficient (Wildman–Crippen LogP) is 5.87. The van der Waals surface area contributed by atoms with Crippen molar-refractivity contribution in [3.8, 4) is 11.1 Å². The molecule has 0 unspecified atom stereocenters. The summed E-state index contributed by atoms with van der Waals surface area (Å²) < 4.78 is 39.0. The molecule has 0 radical (unpaired) electrons. The van der Waals surface area contributed by atoms with Gasteiger partial charge in [0.15, 0.2) is 5.82 Å². The Morgan fingerprint density at radius 1 is 0.960 bits per heavy atom. The van der Waals surface area contributed by atoms with Crippen LogP contribution in [-0.2, 0) is 6.18 Å². The van der Waals surface area contributed by atoms with Crippen molar-refractivity contribution in [2.24, 2.45) is 0 Å². The Labute approximate surface area is 147 Å². The number of aryl methyl sites for hydroxylation is 1. The van der Waals surface area contributed by atoms with Crippen LogP contribution in [0.5, 0.6) is 0 Å². The van der Waals surface area contributed by atoms with E-state index in [0.29, 0.717) is 33.3 Å². The highest BCUT2D eigenvalue weighted by molar-refractivity contribution is 6.30. The topological polar surface area (TPSA) is 37.8 Å². The van der Waals surface area contributed by atoms with Crippen molar-refractivity contribution in [3.05, 3.63) is 70.9 Å². The summed E-state index contributed by atoms with van der Waals surface area (Å²) in [6, 6.07) is 13.8. The number of hydrogen-bond acceptors (Lipinski definition) is 3. The van der Waals surface area contributed by atoms with Crippen LogP contribution in [0.15, 0.2) is 54.6 Å². The van der Waals surface area contributed by atoms with Gasteiger partial charge in [-0.15, -0.1) is 5.10 Å². The molecule has 1 heterocycles. The molecule has 128 valence electrons. The number of aromatic nitrogens is 2. The van der Waals surface area contributed by atoms with E-state index < -0.39 is 11.7 Å². The Hall–Kier alpha value is -2.60. The van der Waals surface area contributed by atoms with Gasteiger partial charge in [-0.1, -0.05) is 29.8 Å². The van der Waals surface area contributed by atoms with E-state index in [2.05, 4.69) is 15.5 Å². The maximum absolute atomic E-state index is 13.0. The number of halogens is 4. The summed E-state index contributed by atoms with van der Waals surface area (Å²) in [6.45, 7) is 1.73. The first-order valence-corrected chi connectivity index (χ1v) is 7.75. The van der Waals surface area contributed by atoms with E-state index in [0.717, 1.165) is 12.1 Å². The molecule has 25 heavy (non-hydrogen) atoms. The van der Waals surface area contributed by atoms with Crippen molar-refractivity contribution in [2.75, 3.05) is 5.32 Å². The first kappa shape index (κ1) is 17.2. The molecule has 2 aromatic carbocycles. The lowest BCUT2D eigenvalue weighted by Gasteiger charge is -2.13. The van der Waals surface area contributed by atoms with Gasteiger partial charge in [0, 0.05) is 16.3 Å². The van der Waals surface area contributed by atoms with Crippen LogP contribution in [-0.4, -0.2) is 10.2 Å². The number of nitrogens with zero attached hydrogens (tertiary/aromatic N) is 2. The van der Waals surface area contributed by atoms with E-state index >= 15 is 0 Å². The van der Waals surface area contributed by atoms with Crippen LogP contribution >= 0.6 is 11.6 Å². The molecule has 0 fully saturated rings. The van der Waals surface area contributed by atoms with E-state index in [1.807, 2.05) is 0 Å². The summed E-state index contributed by atoms with van der Waals surface area (Å²) in [4.78, 5) is 0. The monoisotopic (exact) mass is 363 g/mol. The Bertz CT molecular complexity index is 910. The van der Waals surface area contributed by atoms with E-state index in [1.165, 1.54) is 6.07 Å². The van der Waals surface area contributed by atoms with Crippen LogP contribution in [0.3, 0.4) is 0 Å². The van der Waals surface area contributed by atoms with Gasteiger partial charge in [-0.3, -0.25) is 0 Å². The van der Waals surface area contributed by atoms with Gasteiger partial charge >= 0.3 is 6.18 Å². The van der Waals surface area contributed by atoms with Gasteiger partial charge in [-0.05, 0) is 48.9 Å². The first-order valence-electron chi connectivity index (χ1n) is 7.37. The molecule has 0 aliphatic heterocycles. The predicted molar refractivity (Wildman–Crippen MR) is 91.9 cm³/mol. The van der Waals surface area contributed by atoms with Crippen LogP contribution in [0.2, 0.25) is 5.02 Å². The SMILES string of the molecule is Cc1cc(-c2cccc(C(F)(F)F)c2)c(Nc2cccc(Cl)c2)nn1. The minimum Gasteiger partial charge on any atom is -0.338 e. The Morgan fingerprint density at radius 2 is 1.72 bits per heavy atom. The standard InChI is InChI=1S/C18H13ClF3N3/c1-11-8-16(12-4-2-5-13(9-12)18(20,21)22)17(25-24-11)23-15-7-3-6-14(19)10-15/h2-10H,1H3,(H,23,25). The number of anilines is 2. The summed E-state index contributed by atoms with van der Waals surface area (Å²) >= 11 is 5.96. The van der Waals surface area contributed by atoms with Crippen molar-refractivity contribution in [3.63, 3.8) is 0 Å². The van der Waals surface area contributed by atoms with Gasteiger partial charge < -0.3 is 5.32 Å². The molecular formula is C18H13ClF3N3. The van der Waals surface area contributed by atoms with Crippen molar-refractivity contribution >= 4 is 23.1 Å². The van der Waals surface area contributed by atoms with E-state index in [-0.39, 0.29) is 0 Å². The van der Waals surface area contributed by atoms with Crippen molar-refractivity contribution in [1.29, 1.82) is 0 Å². The third-order valence-electron chi connectivity index (χ3n) is 3.50. The fourth-order valence-electron chi connectivity index (χ4n) is 2.37. The van der Waals surface area contributed by atoms with Gasteiger partial charge in [-0.2, -0.15) is 18.3 Å². The minimum atomic E-state index is -4.41. The largest absolute Gasteiger partial charge is 0.416 e. The zero-order valence-corrected chi connectivity index (χ0v) is 13.9. The molecule has 0 bridgehead atoms. The summed E-state index contributed by atoms with van der Waals surface area (Å²) in [5.41, 5.74) is 1.48. The number of alkyl halides is 3. The third kappa shape index (κ3) is 4.09. The smallest absolute Gasteiger partial charge is 0.338 e. The lowest BCUT2D eigenvalue weighted by Crippen LogP contribution is -2.05. The highest BCUT2D eigenvalue weighted by Gasteiger charge is 2.30. The molecule has 0 spiro atoms. The lowest BCUT2D eigenvalue weighted by atomic mass is 10.0. The second-order valence-electron chi connectivity index (χ2n) is 5.46. The number of hydrogen-bond donors (Lipinski definition) is 1. The van der Waals surface area contributed by atoms with Crippen LogP contribution in [0, 0.1) is 6.92 Å². The molecule has 0 aliphatic rings. The number of benzene rings is 2. The molecule has 0 aliphatic carbocycles. The fourth-order valence-corrected chi connectivity index (χ4v) is 2.56. The molecule has 1 aromatic heterocycles. The van der Waals surface area contributed by atoms with E-state index in [9.17, 15) is 13.2 Å². The summed E-state index contributed by atoms with van der Waals surface area (Å²) in [6.07, 6.45) is -4.41. The number of rotatable bonds is 3. The normalized spacial score (nSPS) is 11.4. The average molecular weight is 364 g/mol. The van der Waals surface area contributed by atoms with Crippen molar-refractivity contribution in [2.45, 2.75) is 13.1 Å². The molecule has 3 nitrogen and oxygen atoms in total. The van der Waals surface area contributed by atoms with Gasteiger partial charge in [0.1, 0.15) is 0 Å². The van der Waals surface area contributed by atoms with Gasteiger partial charge in [0.2, 0.25) is 0 Å². The van der Waals surface area contributed by atoms with Crippen LogP contribution in [0.25, 0.3) is 11.1 Å². The lowest BCUT2D eigenvalue weighted by molar-refractivity contribution is -0.137. The maximum Gasteiger partial charge on any atom is 0.416 e. The zero-order valence-electron chi connectivity index (χ0n) is 13.1. The summed E-state index contributed by atoms with van der Waals surface area (Å²) in [5, 5.41) is 11.7. The Balaban J connectivity index is 2.06. The summed E-state index contributed by atoms with van der Waals surface area (Å²) in [5.74, 6) is 0.354. The molecule has 3 rings (SSSR count). The second kappa shape index (κ2) is 6.72. The van der Waals surface area contributed by atoms with Gasteiger partial charge in [0.25, 0.3) is 0 Å². The zero-order chi connectivity index (χ0) is 18.0. The summed E-state index contributed by atoms with van der Waals surface area (Å²) in [7, 11) is 0. The van der Waals surface area contributed by atoms with E-state index in [1.54, 1.807) is 43.3 Å². The Kier molecular flexibility index (Phi) is 4.63. The second-order valence-corrected chi connectivity index (χ2v) is 5.90. The fraction of sp³-hybridized carbons (Fsp3) is 0.111. The molecule has 0 amide bonds. The average Bonchev–Trinajstić information content (AvgIpc) is 2.56. The van der Waals surface area contributed by atoms with Crippen molar-refractivity contribution < 1.29 is 13.2 Å². The molecule has 7 heteroatoms. The molecular weight excluding hydrogens is 351 g/mol. The van der Waals surface area contributed by atoms with Crippen LogP contribution in [0.1, 0.15) is 11.3 Å². The molecule has 0 saturated heterocycles. The molecule has 0 atom stereocenters. The van der Waals surface area contributed by atoms with Crippen molar-refractivity contribution in [1.82, 2.24) is 10.2 Å². The highest BCUT2D eigenvalue weighted by atomic mass is 35.5. The van der Waals surface area contributed by atoms with Crippen LogP contribution in [0.4, 0.5) is 24.7 Å². The van der Waals surface area contributed by atoms with Gasteiger partial charge in [0.05, 0.1) is 11.3 Å². The molecule has 0 saturated carbocycles. The first-order chi connectivity index (χ1) is 11.8. The number of nitrogens with one attached hydrogen (secondary N) is 1.